The lowest BCUT2D eigenvalue weighted by atomic mass is 9.47. The molecule has 0 amide bonds. The van der Waals surface area contributed by atoms with E-state index in [1.807, 2.05) is 6.92 Å². The molecule has 0 aliphatic heterocycles. The summed E-state index contributed by atoms with van der Waals surface area (Å²) in [6.07, 6.45) is 18.9. The number of rotatable bonds is 18. The Bertz CT molecular complexity index is 1070. The second-order valence-electron chi connectivity index (χ2n) is 15.2. The number of hydrogen-bond donors (Lipinski definition) is 2. The van der Waals surface area contributed by atoms with Gasteiger partial charge in [-0.15, -0.1) is 0 Å². The second kappa shape index (κ2) is 16.6. The van der Waals surface area contributed by atoms with Gasteiger partial charge in [-0.3, -0.25) is 14.4 Å². The number of ketones is 2. The van der Waals surface area contributed by atoms with Crippen LogP contribution in [0.4, 0.5) is 0 Å². The number of allylic oxidation sites excluding steroid dienone is 2. The summed E-state index contributed by atoms with van der Waals surface area (Å²) in [6, 6.07) is 0. The first-order valence-corrected chi connectivity index (χ1v) is 18.0. The molecule has 0 saturated heterocycles. The molecule has 44 heavy (non-hydrogen) atoms. The van der Waals surface area contributed by atoms with Crippen LogP contribution < -0.4 is 0 Å². The van der Waals surface area contributed by atoms with Crippen molar-refractivity contribution in [2.45, 2.75) is 176 Å². The minimum Gasteiger partial charge on any atom is -0.507 e. The van der Waals surface area contributed by atoms with E-state index in [1.54, 1.807) is 13.8 Å². The van der Waals surface area contributed by atoms with Crippen LogP contribution in [0.5, 0.6) is 0 Å². The standard InChI is InChI=1S/C38H62O6/c1-7-8-9-10-11-12-13-14-15-16-17-18-19-20-21-23-27(39)44-35-29-30(33(42)32(41)28(26(2)3)31(29)40)38(6)25-22-24-37(4,5)36(38)34(35)43/h26,34-36,40,43H,7-25H2,1-6H3/t34-,35+,36+,38-/m1/s1. The molecule has 0 aromatic heterocycles. The van der Waals surface area contributed by atoms with Crippen molar-refractivity contribution < 1.29 is 29.3 Å². The molecule has 0 bridgehead atoms. The lowest BCUT2D eigenvalue weighted by molar-refractivity contribution is -0.168. The van der Waals surface area contributed by atoms with Gasteiger partial charge in [0.1, 0.15) is 5.76 Å². The molecule has 0 aromatic rings. The van der Waals surface area contributed by atoms with Gasteiger partial charge in [0.25, 0.3) is 0 Å². The third kappa shape index (κ3) is 8.44. The Morgan fingerprint density at radius 3 is 1.82 bits per heavy atom. The number of unbranched alkanes of at least 4 members (excludes halogenated alkanes) is 14. The molecule has 0 unspecified atom stereocenters. The molecule has 6 heteroatoms. The molecule has 6 nitrogen and oxygen atoms in total. The van der Waals surface area contributed by atoms with Crippen LogP contribution in [-0.4, -0.2) is 40.0 Å². The number of aliphatic hydroxyl groups is 2. The summed E-state index contributed by atoms with van der Waals surface area (Å²) in [4.78, 5) is 40.0. The number of ether oxygens (including phenoxy) is 1. The molecule has 0 radical (unpaired) electrons. The van der Waals surface area contributed by atoms with Crippen molar-refractivity contribution in [3.05, 3.63) is 22.5 Å². The Morgan fingerprint density at radius 2 is 1.32 bits per heavy atom. The predicted molar refractivity (Wildman–Crippen MR) is 176 cm³/mol. The zero-order valence-electron chi connectivity index (χ0n) is 28.8. The van der Waals surface area contributed by atoms with Gasteiger partial charge in [-0.2, -0.15) is 0 Å². The first kappa shape index (κ1) is 36.5. The van der Waals surface area contributed by atoms with Crippen LogP contribution in [0.3, 0.4) is 0 Å². The number of carbonyl (C=O) groups is 3. The second-order valence-corrected chi connectivity index (χ2v) is 15.2. The minimum atomic E-state index is -1.17. The van der Waals surface area contributed by atoms with E-state index < -0.39 is 41.1 Å². The van der Waals surface area contributed by atoms with Crippen LogP contribution in [0.25, 0.3) is 0 Å². The van der Waals surface area contributed by atoms with Crippen molar-refractivity contribution in [2.24, 2.45) is 22.7 Å². The number of esters is 1. The van der Waals surface area contributed by atoms with Crippen LogP contribution in [0.1, 0.15) is 164 Å². The number of hydrogen-bond acceptors (Lipinski definition) is 6. The molecule has 3 rings (SSSR count). The maximum Gasteiger partial charge on any atom is 0.306 e. The molecule has 1 saturated carbocycles. The first-order valence-electron chi connectivity index (χ1n) is 18.0. The summed E-state index contributed by atoms with van der Waals surface area (Å²) in [6.45, 7) is 11.9. The van der Waals surface area contributed by atoms with E-state index in [-0.39, 0.29) is 40.2 Å². The largest absolute Gasteiger partial charge is 0.507 e. The fourth-order valence-corrected chi connectivity index (χ4v) is 8.63. The molecule has 2 N–H and O–H groups in total. The highest BCUT2D eigenvalue weighted by Gasteiger charge is 2.62. The smallest absolute Gasteiger partial charge is 0.306 e. The molecule has 0 aromatic carbocycles. The summed E-state index contributed by atoms with van der Waals surface area (Å²) in [5.41, 5.74) is -0.687. The molecule has 3 aliphatic carbocycles. The van der Waals surface area contributed by atoms with Crippen molar-refractivity contribution in [2.75, 3.05) is 0 Å². The van der Waals surface area contributed by atoms with Gasteiger partial charge in [0.15, 0.2) is 6.10 Å². The normalized spacial score (nSPS) is 26.7. The highest BCUT2D eigenvalue weighted by Crippen LogP contribution is 2.61. The molecule has 1 fully saturated rings. The fraction of sp³-hybridized carbons (Fsp3) is 0.816. The first-order chi connectivity index (χ1) is 20.9. The predicted octanol–water partition coefficient (Wildman–Crippen LogP) is 9.28. The van der Waals surface area contributed by atoms with Gasteiger partial charge < -0.3 is 14.9 Å². The molecule has 4 atom stereocenters. The Hall–Kier alpha value is -1.95. The van der Waals surface area contributed by atoms with Crippen LogP contribution in [0.2, 0.25) is 0 Å². The van der Waals surface area contributed by atoms with Crippen LogP contribution in [0.15, 0.2) is 22.5 Å². The van der Waals surface area contributed by atoms with Crippen molar-refractivity contribution in [3.8, 4) is 0 Å². The third-order valence-corrected chi connectivity index (χ3v) is 10.8. The van der Waals surface area contributed by atoms with E-state index >= 15 is 0 Å². The quantitative estimate of drug-likeness (QED) is 0.0691. The Morgan fingerprint density at radius 1 is 0.818 bits per heavy atom. The molecular weight excluding hydrogens is 552 g/mol. The lowest BCUT2D eigenvalue weighted by Gasteiger charge is -2.58. The van der Waals surface area contributed by atoms with E-state index in [0.29, 0.717) is 12.8 Å². The SMILES string of the molecule is CCCCCCCCCCCCCCCCCC(=O)O[C@H]1C2=C(C(=O)C(=O)C(C(C)C)=C2O)[C@@]2(C)CCCC(C)(C)[C@@H]2[C@@H]1O. The monoisotopic (exact) mass is 614 g/mol. The highest BCUT2D eigenvalue weighted by molar-refractivity contribution is 6.50. The zero-order valence-corrected chi connectivity index (χ0v) is 28.8. The van der Waals surface area contributed by atoms with Gasteiger partial charge in [-0.05, 0) is 30.6 Å². The van der Waals surface area contributed by atoms with Crippen molar-refractivity contribution in [1.29, 1.82) is 0 Å². The van der Waals surface area contributed by atoms with E-state index in [4.69, 9.17) is 4.74 Å². The summed E-state index contributed by atoms with van der Waals surface area (Å²) in [5, 5.41) is 23.2. The van der Waals surface area contributed by atoms with E-state index in [1.165, 1.54) is 77.0 Å². The number of carbonyl (C=O) groups excluding carboxylic acids is 3. The van der Waals surface area contributed by atoms with Crippen molar-refractivity contribution in [1.82, 2.24) is 0 Å². The fourth-order valence-electron chi connectivity index (χ4n) is 8.63. The van der Waals surface area contributed by atoms with Gasteiger partial charge in [-0.25, -0.2) is 0 Å². The molecule has 0 heterocycles. The highest BCUT2D eigenvalue weighted by atomic mass is 16.6. The van der Waals surface area contributed by atoms with Crippen LogP contribution in [0, 0.1) is 22.7 Å². The number of aliphatic hydroxyl groups excluding tert-OH is 2. The van der Waals surface area contributed by atoms with E-state index in [0.717, 1.165) is 25.7 Å². The average Bonchev–Trinajstić information content (AvgIpc) is 2.94. The third-order valence-electron chi connectivity index (χ3n) is 10.8. The topological polar surface area (TPSA) is 101 Å². The molecule has 0 spiro atoms. The summed E-state index contributed by atoms with van der Waals surface area (Å²) in [7, 11) is 0. The van der Waals surface area contributed by atoms with Crippen LogP contribution >= 0.6 is 0 Å². The van der Waals surface area contributed by atoms with Gasteiger partial charge in [0, 0.05) is 34.5 Å². The van der Waals surface area contributed by atoms with Gasteiger partial charge >= 0.3 is 5.97 Å². The average molecular weight is 615 g/mol. The number of fused-ring (bicyclic) bond motifs is 2. The van der Waals surface area contributed by atoms with Gasteiger partial charge in [0.2, 0.25) is 11.6 Å². The summed E-state index contributed by atoms with van der Waals surface area (Å²) in [5.74, 6) is -2.80. The van der Waals surface area contributed by atoms with E-state index in [2.05, 4.69) is 20.8 Å². The van der Waals surface area contributed by atoms with Crippen molar-refractivity contribution >= 4 is 17.5 Å². The minimum absolute atomic E-state index is 0.0431. The Labute approximate surface area is 267 Å². The summed E-state index contributed by atoms with van der Waals surface area (Å²) < 4.78 is 5.96. The summed E-state index contributed by atoms with van der Waals surface area (Å²) >= 11 is 0. The molecular formula is C38H62O6. The Balaban J connectivity index is 1.54. The maximum atomic E-state index is 13.7. The zero-order chi connectivity index (χ0) is 32.5. The lowest BCUT2D eigenvalue weighted by Crippen LogP contribution is -2.60. The molecule has 3 aliphatic rings. The molecule has 250 valence electrons. The maximum absolute atomic E-state index is 13.7. The van der Waals surface area contributed by atoms with Crippen molar-refractivity contribution in [3.63, 3.8) is 0 Å². The van der Waals surface area contributed by atoms with E-state index in [9.17, 15) is 24.6 Å². The Kier molecular flexibility index (Phi) is 13.7. The van der Waals surface area contributed by atoms with Gasteiger partial charge in [0.05, 0.1) is 6.10 Å². The van der Waals surface area contributed by atoms with Gasteiger partial charge in [-0.1, -0.05) is 138 Å². The number of Topliss-reactive ketones (excluding diaryl/α,β-unsaturated/α-hetero) is 2. The van der Waals surface area contributed by atoms with Crippen LogP contribution in [-0.2, 0) is 19.1 Å².